The van der Waals surface area contributed by atoms with Crippen molar-refractivity contribution in [2.75, 3.05) is 53.0 Å². The summed E-state index contributed by atoms with van der Waals surface area (Å²) in [5.41, 5.74) is 1.98. The van der Waals surface area contributed by atoms with E-state index < -0.39 is 0 Å². The first-order valence-electron chi connectivity index (χ1n) is 10.3. The summed E-state index contributed by atoms with van der Waals surface area (Å²) in [5.74, 6) is -0.927. The average Bonchev–Trinajstić information content (AvgIpc) is 2.79. The van der Waals surface area contributed by atoms with Crippen LogP contribution >= 0.6 is 0 Å². The van der Waals surface area contributed by atoms with Gasteiger partial charge in [0.15, 0.2) is 0 Å². The maximum Gasteiger partial charge on any atom is 0.331 e. The van der Waals surface area contributed by atoms with Crippen molar-refractivity contribution in [2.24, 2.45) is 0 Å². The molecule has 0 aliphatic carbocycles. The van der Waals surface area contributed by atoms with Crippen molar-refractivity contribution in [1.82, 2.24) is 9.80 Å². The van der Waals surface area contributed by atoms with Crippen molar-refractivity contribution in [3.63, 3.8) is 0 Å². The number of benzene rings is 2. The minimum atomic E-state index is -0.388. The molecule has 0 aromatic heterocycles. The zero-order valence-corrected chi connectivity index (χ0v) is 17.7. The van der Waals surface area contributed by atoms with Gasteiger partial charge in [0.25, 0.3) is 0 Å². The summed E-state index contributed by atoms with van der Waals surface area (Å²) in [4.78, 5) is 15.7. The number of carbonyl (C=O) groups is 1. The Morgan fingerprint density at radius 3 is 2.00 bits per heavy atom. The fraction of sp³-hybridized carbons (Fsp3) is 0.375. The molecule has 1 aliphatic rings. The second kappa shape index (κ2) is 11.7. The summed E-state index contributed by atoms with van der Waals surface area (Å²) in [7, 11) is 1.33. The largest absolute Gasteiger partial charge is 0.467 e. The van der Waals surface area contributed by atoms with E-state index in [0.717, 1.165) is 43.9 Å². The van der Waals surface area contributed by atoms with Crippen LogP contribution in [-0.2, 0) is 14.3 Å². The van der Waals surface area contributed by atoms with Gasteiger partial charge in [-0.2, -0.15) is 0 Å². The van der Waals surface area contributed by atoms with Gasteiger partial charge in [-0.1, -0.05) is 36.4 Å². The summed E-state index contributed by atoms with van der Waals surface area (Å²) >= 11 is 0. The van der Waals surface area contributed by atoms with E-state index in [0.29, 0.717) is 6.61 Å². The zero-order valence-electron chi connectivity index (χ0n) is 17.7. The quantitative estimate of drug-likeness (QED) is 0.347. The van der Waals surface area contributed by atoms with Crippen molar-refractivity contribution in [3.05, 3.63) is 83.4 Å². The van der Waals surface area contributed by atoms with Crippen molar-refractivity contribution >= 4 is 5.97 Å². The molecule has 1 fully saturated rings. The summed E-state index contributed by atoms with van der Waals surface area (Å²) in [6, 6.07) is 13.0. The highest BCUT2D eigenvalue weighted by atomic mass is 19.1. The van der Waals surface area contributed by atoms with Crippen LogP contribution in [0.3, 0.4) is 0 Å². The number of ether oxygens (including phenoxy) is 2. The zero-order chi connectivity index (χ0) is 22.1. The maximum absolute atomic E-state index is 13.4. The molecule has 0 bridgehead atoms. The Labute approximate surface area is 181 Å². The fourth-order valence-corrected chi connectivity index (χ4v) is 3.67. The third kappa shape index (κ3) is 6.95. The predicted octanol–water partition coefficient (Wildman–Crippen LogP) is 3.42. The Bertz CT molecular complexity index is 803. The molecular weight excluding hydrogens is 402 g/mol. The van der Waals surface area contributed by atoms with Gasteiger partial charge in [0.1, 0.15) is 18.2 Å². The van der Waals surface area contributed by atoms with Crippen LogP contribution in [0.1, 0.15) is 17.2 Å². The van der Waals surface area contributed by atoms with Crippen molar-refractivity contribution < 1.29 is 23.0 Å². The third-order valence-electron chi connectivity index (χ3n) is 5.34. The molecule has 1 saturated heterocycles. The smallest absolute Gasteiger partial charge is 0.331 e. The first-order chi connectivity index (χ1) is 15.1. The number of esters is 1. The van der Waals surface area contributed by atoms with Gasteiger partial charge in [-0.3, -0.25) is 9.80 Å². The number of methoxy groups -OCH3 is 1. The van der Waals surface area contributed by atoms with Crippen LogP contribution in [0.5, 0.6) is 0 Å². The number of nitrogens with zero attached hydrogens (tertiary/aromatic N) is 2. The molecular formula is C24H28F2N2O3. The summed E-state index contributed by atoms with van der Waals surface area (Å²) in [6.45, 7) is 4.56. The topological polar surface area (TPSA) is 42.0 Å². The molecule has 0 spiro atoms. The van der Waals surface area contributed by atoms with E-state index in [1.54, 1.807) is 24.3 Å². The number of hydrogen-bond donors (Lipinski definition) is 0. The van der Waals surface area contributed by atoms with E-state index in [2.05, 4.69) is 14.5 Å². The Morgan fingerprint density at radius 1 is 0.935 bits per heavy atom. The van der Waals surface area contributed by atoms with Gasteiger partial charge in [-0.25, -0.2) is 13.6 Å². The van der Waals surface area contributed by atoms with Gasteiger partial charge in [0.2, 0.25) is 0 Å². The van der Waals surface area contributed by atoms with Crippen LogP contribution in [0.4, 0.5) is 8.78 Å². The Hall–Kier alpha value is -2.61. The average molecular weight is 430 g/mol. The molecule has 2 aromatic rings. The number of piperazine rings is 1. The lowest BCUT2D eigenvalue weighted by Gasteiger charge is -2.39. The molecule has 0 N–H and O–H groups in total. The van der Waals surface area contributed by atoms with Gasteiger partial charge < -0.3 is 9.47 Å². The number of hydrogen-bond acceptors (Lipinski definition) is 5. The SMILES string of the molecule is COC(=O)COC/C=C\CN1CCN(C(c2ccc(F)cc2)c2ccc(F)cc2)CC1. The van der Waals surface area contributed by atoms with Gasteiger partial charge in [-0.05, 0) is 35.4 Å². The minimum absolute atomic E-state index is 0.0479. The Kier molecular flexibility index (Phi) is 8.70. The lowest BCUT2D eigenvalue weighted by atomic mass is 9.96. The van der Waals surface area contributed by atoms with E-state index in [1.165, 1.54) is 31.4 Å². The highest BCUT2D eigenvalue weighted by molar-refractivity contribution is 5.70. The molecule has 0 unspecified atom stereocenters. The van der Waals surface area contributed by atoms with Crippen LogP contribution in [-0.4, -0.2) is 68.8 Å². The van der Waals surface area contributed by atoms with Crippen molar-refractivity contribution in [1.29, 1.82) is 0 Å². The molecule has 0 amide bonds. The van der Waals surface area contributed by atoms with Gasteiger partial charge in [0.05, 0.1) is 19.8 Å². The van der Waals surface area contributed by atoms with E-state index >= 15 is 0 Å². The molecule has 31 heavy (non-hydrogen) atoms. The second-order valence-corrected chi connectivity index (χ2v) is 7.40. The van der Waals surface area contributed by atoms with Gasteiger partial charge in [-0.15, -0.1) is 0 Å². The van der Waals surface area contributed by atoms with E-state index in [1.807, 2.05) is 12.2 Å². The fourth-order valence-electron chi connectivity index (χ4n) is 3.67. The second-order valence-electron chi connectivity index (χ2n) is 7.40. The van der Waals surface area contributed by atoms with Crippen LogP contribution < -0.4 is 0 Å². The first-order valence-corrected chi connectivity index (χ1v) is 10.3. The normalized spacial score (nSPS) is 15.6. The van der Waals surface area contributed by atoms with Crippen LogP contribution in [0.25, 0.3) is 0 Å². The molecule has 0 radical (unpaired) electrons. The highest BCUT2D eigenvalue weighted by Gasteiger charge is 2.26. The molecule has 166 valence electrons. The van der Waals surface area contributed by atoms with Crippen molar-refractivity contribution in [2.45, 2.75) is 6.04 Å². The first kappa shape index (κ1) is 23.1. The molecule has 2 aromatic carbocycles. The number of carbonyl (C=O) groups excluding carboxylic acids is 1. The van der Waals surface area contributed by atoms with Crippen LogP contribution in [0.2, 0.25) is 0 Å². The summed E-state index contributed by atoms with van der Waals surface area (Å²) in [5, 5.41) is 0. The monoisotopic (exact) mass is 430 g/mol. The van der Waals surface area contributed by atoms with Gasteiger partial charge >= 0.3 is 5.97 Å². The molecule has 7 heteroatoms. The molecule has 1 aliphatic heterocycles. The Morgan fingerprint density at radius 2 is 1.48 bits per heavy atom. The summed E-state index contributed by atoms with van der Waals surface area (Å²) < 4.78 is 36.6. The lowest BCUT2D eigenvalue weighted by Crippen LogP contribution is -2.47. The third-order valence-corrected chi connectivity index (χ3v) is 5.34. The molecule has 1 heterocycles. The van der Waals surface area contributed by atoms with Gasteiger partial charge in [0, 0.05) is 32.7 Å². The lowest BCUT2D eigenvalue weighted by molar-refractivity contribution is -0.145. The van der Waals surface area contributed by atoms with Crippen LogP contribution in [0.15, 0.2) is 60.7 Å². The maximum atomic E-state index is 13.4. The highest BCUT2D eigenvalue weighted by Crippen LogP contribution is 2.30. The minimum Gasteiger partial charge on any atom is -0.467 e. The predicted molar refractivity (Wildman–Crippen MR) is 115 cm³/mol. The number of rotatable bonds is 9. The molecule has 3 rings (SSSR count). The molecule has 5 nitrogen and oxygen atoms in total. The van der Waals surface area contributed by atoms with Crippen LogP contribution in [0, 0.1) is 11.6 Å². The molecule has 0 saturated carbocycles. The van der Waals surface area contributed by atoms with E-state index in [9.17, 15) is 13.6 Å². The van der Waals surface area contributed by atoms with Crippen molar-refractivity contribution in [3.8, 4) is 0 Å². The standard InChI is InChI=1S/C24H28F2N2O3/c1-30-23(29)18-31-17-3-2-12-27-13-15-28(16-14-27)24(19-4-8-21(25)9-5-19)20-6-10-22(26)11-7-20/h2-11,24H,12-18H2,1H3/b3-2-. The Balaban J connectivity index is 1.56. The number of halogens is 2. The van der Waals surface area contributed by atoms with E-state index in [-0.39, 0.29) is 30.3 Å². The molecule has 0 atom stereocenters. The van der Waals surface area contributed by atoms with E-state index in [4.69, 9.17) is 4.74 Å². The summed E-state index contributed by atoms with van der Waals surface area (Å²) in [6.07, 6.45) is 3.93.